The average Bonchev–Trinajstić information content (AvgIpc) is 2.97. The number of carbonyl (C=O) groups is 1. The summed E-state index contributed by atoms with van der Waals surface area (Å²) in [6, 6.07) is 2.85. The van der Waals surface area contributed by atoms with Crippen LogP contribution >= 0.6 is 23.7 Å². The first-order valence-electron chi connectivity index (χ1n) is 6.19. The maximum absolute atomic E-state index is 13.6. The van der Waals surface area contributed by atoms with Crippen molar-refractivity contribution in [2.75, 3.05) is 19.7 Å². The van der Waals surface area contributed by atoms with Crippen LogP contribution in [0.1, 0.15) is 9.80 Å². The van der Waals surface area contributed by atoms with Crippen molar-refractivity contribution < 1.29 is 13.9 Å². The molecule has 1 saturated heterocycles. The van der Waals surface area contributed by atoms with Gasteiger partial charge in [-0.25, -0.2) is 9.37 Å². The van der Waals surface area contributed by atoms with Crippen LogP contribution in [-0.4, -0.2) is 41.6 Å². The number of hydrogen-bond acceptors (Lipinski definition) is 6. The van der Waals surface area contributed by atoms with E-state index in [9.17, 15) is 9.18 Å². The second-order valence-electron chi connectivity index (χ2n) is 4.29. The van der Waals surface area contributed by atoms with E-state index < -0.39 is 11.9 Å². The Hall–Kier alpha value is -1.41. The van der Waals surface area contributed by atoms with Crippen LogP contribution in [-0.2, 0) is 4.74 Å². The standard InChI is InChI=1S/C13H12FN3O2S.ClH/c14-8-2-1-3-16-11(8)10-7-17-13(20-10)12(18)9-6-15-4-5-19-9;/h1-3,7,9,15H,4-6H2;1H. The molecule has 8 heteroatoms. The summed E-state index contributed by atoms with van der Waals surface area (Å²) in [4.78, 5) is 20.8. The number of hydrogen-bond donors (Lipinski definition) is 1. The van der Waals surface area contributed by atoms with Crippen molar-refractivity contribution in [3.63, 3.8) is 0 Å². The van der Waals surface area contributed by atoms with Gasteiger partial charge in [0.05, 0.1) is 11.5 Å². The first kappa shape index (κ1) is 16.0. The number of thiazole rings is 1. The Labute approximate surface area is 131 Å². The molecule has 5 nitrogen and oxygen atoms in total. The van der Waals surface area contributed by atoms with E-state index in [1.165, 1.54) is 24.5 Å². The topological polar surface area (TPSA) is 64.1 Å². The summed E-state index contributed by atoms with van der Waals surface area (Å²) in [7, 11) is 0. The number of aromatic nitrogens is 2. The minimum absolute atomic E-state index is 0. The molecule has 1 aliphatic heterocycles. The summed E-state index contributed by atoms with van der Waals surface area (Å²) in [5.74, 6) is -0.601. The molecule has 0 aromatic carbocycles. The number of pyridine rings is 1. The molecule has 0 radical (unpaired) electrons. The number of ketones is 1. The lowest BCUT2D eigenvalue weighted by Crippen LogP contribution is -2.43. The van der Waals surface area contributed by atoms with Crippen molar-refractivity contribution in [1.29, 1.82) is 0 Å². The molecule has 0 aliphatic carbocycles. The Balaban J connectivity index is 0.00000161. The van der Waals surface area contributed by atoms with Crippen LogP contribution in [0.5, 0.6) is 0 Å². The van der Waals surface area contributed by atoms with Gasteiger partial charge in [-0.2, -0.15) is 0 Å². The summed E-state index contributed by atoms with van der Waals surface area (Å²) in [5, 5.41) is 3.41. The number of nitrogens with zero attached hydrogens (tertiary/aromatic N) is 2. The molecule has 1 fully saturated rings. The summed E-state index contributed by atoms with van der Waals surface area (Å²) in [6.45, 7) is 1.72. The monoisotopic (exact) mass is 329 g/mol. The number of halogens is 2. The van der Waals surface area contributed by atoms with Gasteiger partial charge in [0.1, 0.15) is 17.6 Å². The summed E-state index contributed by atoms with van der Waals surface area (Å²) < 4.78 is 19.0. The minimum atomic E-state index is -0.517. The molecule has 1 atom stereocenters. The zero-order chi connectivity index (χ0) is 13.9. The predicted molar refractivity (Wildman–Crippen MR) is 79.5 cm³/mol. The van der Waals surface area contributed by atoms with E-state index in [1.54, 1.807) is 0 Å². The van der Waals surface area contributed by atoms with E-state index in [-0.39, 0.29) is 23.9 Å². The highest BCUT2D eigenvalue weighted by Crippen LogP contribution is 2.27. The van der Waals surface area contributed by atoms with Crippen LogP contribution in [0.15, 0.2) is 24.5 Å². The highest BCUT2D eigenvalue weighted by molar-refractivity contribution is 7.17. The molecule has 1 aliphatic rings. The highest BCUT2D eigenvalue weighted by atomic mass is 35.5. The molecule has 3 rings (SSSR count). The van der Waals surface area contributed by atoms with Gasteiger partial charge in [0.15, 0.2) is 5.01 Å². The maximum atomic E-state index is 13.6. The van der Waals surface area contributed by atoms with Gasteiger partial charge in [0, 0.05) is 25.5 Å². The van der Waals surface area contributed by atoms with Crippen molar-refractivity contribution in [2.45, 2.75) is 6.10 Å². The minimum Gasteiger partial charge on any atom is -0.367 e. The molecule has 2 aromatic heterocycles. The quantitative estimate of drug-likeness (QED) is 0.872. The molecule has 1 unspecified atom stereocenters. The lowest BCUT2D eigenvalue weighted by Gasteiger charge is -2.21. The molecule has 1 N–H and O–H groups in total. The van der Waals surface area contributed by atoms with Crippen molar-refractivity contribution in [3.8, 4) is 10.6 Å². The zero-order valence-electron chi connectivity index (χ0n) is 10.9. The van der Waals surface area contributed by atoms with Crippen LogP contribution in [0, 0.1) is 5.82 Å². The highest BCUT2D eigenvalue weighted by Gasteiger charge is 2.26. The van der Waals surface area contributed by atoms with E-state index in [0.29, 0.717) is 23.0 Å². The lowest BCUT2D eigenvalue weighted by molar-refractivity contribution is 0.0269. The Morgan fingerprint density at radius 1 is 1.48 bits per heavy atom. The fourth-order valence-electron chi connectivity index (χ4n) is 1.94. The molecular weight excluding hydrogens is 317 g/mol. The molecule has 3 heterocycles. The van der Waals surface area contributed by atoms with Crippen LogP contribution in [0.2, 0.25) is 0 Å². The third-order valence-corrected chi connectivity index (χ3v) is 3.95. The molecule has 21 heavy (non-hydrogen) atoms. The number of ether oxygens (including phenoxy) is 1. The second kappa shape index (κ2) is 7.04. The van der Waals surface area contributed by atoms with Crippen molar-refractivity contribution in [2.24, 2.45) is 0 Å². The van der Waals surface area contributed by atoms with Gasteiger partial charge < -0.3 is 10.1 Å². The predicted octanol–water partition coefficient (Wildman–Crippen LogP) is 1.94. The molecule has 0 bridgehead atoms. The zero-order valence-corrected chi connectivity index (χ0v) is 12.5. The third-order valence-electron chi connectivity index (χ3n) is 2.93. The molecule has 112 valence electrons. The molecule has 0 saturated carbocycles. The van der Waals surface area contributed by atoms with Crippen molar-refractivity contribution in [3.05, 3.63) is 35.4 Å². The van der Waals surface area contributed by atoms with E-state index >= 15 is 0 Å². The normalized spacial score (nSPS) is 18.0. The number of morpholine rings is 1. The van der Waals surface area contributed by atoms with Gasteiger partial charge >= 0.3 is 0 Å². The van der Waals surface area contributed by atoms with Gasteiger partial charge in [-0.15, -0.1) is 23.7 Å². The van der Waals surface area contributed by atoms with Crippen molar-refractivity contribution in [1.82, 2.24) is 15.3 Å². The van der Waals surface area contributed by atoms with E-state index in [4.69, 9.17) is 4.74 Å². The van der Waals surface area contributed by atoms with Crippen molar-refractivity contribution >= 4 is 29.5 Å². The molecule has 0 spiro atoms. The van der Waals surface area contributed by atoms with Gasteiger partial charge in [-0.05, 0) is 12.1 Å². The van der Waals surface area contributed by atoms with Gasteiger partial charge in [0.25, 0.3) is 0 Å². The second-order valence-corrected chi connectivity index (χ2v) is 5.32. The van der Waals surface area contributed by atoms with Crippen LogP contribution in [0.4, 0.5) is 4.39 Å². The molecular formula is C13H13ClFN3O2S. The average molecular weight is 330 g/mol. The Morgan fingerprint density at radius 3 is 3.05 bits per heavy atom. The van der Waals surface area contributed by atoms with Crippen LogP contribution in [0.3, 0.4) is 0 Å². The Morgan fingerprint density at radius 2 is 2.33 bits per heavy atom. The van der Waals surface area contributed by atoms with Gasteiger partial charge in [-0.1, -0.05) is 0 Å². The first-order valence-corrected chi connectivity index (χ1v) is 7.00. The van der Waals surface area contributed by atoms with Crippen LogP contribution in [0.25, 0.3) is 10.6 Å². The SMILES string of the molecule is Cl.O=C(c1ncc(-c2ncccc2F)s1)C1CNCCO1. The number of rotatable bonds is 3. The van der Waals surface area contributed by atoms with E-state index in [1.807, 2.05) is 0 Å². The maximum Gasteiger partial charge on any atom is 0.221 e. The first-order chi connectivity index (χ1) is 9.75. The fraction of sp³-hybridized carbons (Fsp3) is 0.308. The van der Waals surface area contributed by atoms with E-state index in [2.05, 4.69) is 15.3 Å². The lowest BCUT2D eigenvalue weighted by atomic mass is 10.2. The Bertz CT molecular complexity index is 631. The third kappa shape index (κ3) is 3.44. The van der Waals surface area contributed by atoms with Crippen LogP contribution < -0.4 is 5.32 Å². The van der Waals surface area contributed by atoms with E-state index in [0.717, 1.165) is 17.9 Å². The number of Topliss-reactive ketones (excluding diaryl/α,β-unsaturated/α-hetero) is 1. The molecule has 2 aromatic rings. The molecule has 0 amide bonds. The summed E-state index contributed by atoms with van der Waals surface area (Å²) in [6.07, 6.45) is 2.46. The number of nitrogens with one attached hydrogen (secondary N) is 1. The largest absolute Gasteiger partial charge is 0.367 e. The summed E-state index contributed by atoms with van der Waals surface area (Å²) in [5.41, 5.74) is 0.215. The van der Waals surface area contributed by atoms with Gasteiger partial charge in [-0.3, -0.25) is 9.78 Å². The van der Waals surface area contributed by atoms with Gasteiger partial charge in [0.2, 0.25) is 5.78 Å². The Kier molecular flexibility index (Phi) is 5.35. The summed E-state index contributed by atoms with van der Waals surface area (Å²) >= 11 is 1.13. The number of carbonyl (C=O) groups excluding carboxylic acids is 1. The fourth-order valence-corrected chi connectivity index (χ4v) is 2.83. The smallest absolute Gasteiger partial charge is 0.221 e.